The number of halogens is 2. The van der Waals surface area contributed by atoms with Crippen molar-refractivity contribution in [2.24, 2.45) is 5.92 Å². The molecule has 1 heterocycles. The van der Waals surface area contributed by atoms with Crippen LogP contribution in [0.15, 0.2) is 18.2 Å². The minimum atomic E-state index is -0.603. The Hall–Kier alpha value is -1.62. The maximum atomic E-state index is 13.9. The Labute approximate surface area is 159 Å². The van der Waals surface area contributed by atoms with Gasteiger partial charge in [0.2, 0.25) is 5.91 Å². The molecule has 3 rings (SSSR count). The Bertz CT molecular complexity index is 633. The predicted molar refractivity (Wildman–Crippen MR) is 99.7 cm³/mol. The van der Waals surface area contributed by atoms with Crippen LogP contribution >= 0.6 is 11.6 Å². The van der Waals surface area contributed by atoms with Gasteiger partial charge in [0.15, 0.2) is 0 Å². The lowest BCUT2D eigenvalue weighted by Crippen LogP contribution is -2.50. The zero-order valence-corrected chi connectivity index (χ0v) is 15.8. The summed E-state index contributed by atoms with van der Waals surface area (Å²) in [5.41, 5.74) is -0.0776. The molecule has 0 spiro atoms. The Morgan fingerprint density at radius 2 is 1.69 bits per heavy atom. The van der Waals surface area contributed by atoms with E-state index in [0.717, 1.165) is 6.42 Å². The van der Waals surface area contributed by atoms with E-state index >= 15 is 0 Å². The van der Waals surface area contributed by atoms with E-state index in [0.29, 0.717) is 38.5 Å². The van der Waals surface area contributed by atoms with Gasteiger partial charge in [0.1, 0.15) is 5.82 Å². The van der Waals surface area contributed by atoms with Crippen LogP contribution in [0.1, 0.15) is 55.3 Å². The van der Waals surface area contributed by atoms with Crippen molar-refractivity contribution < 1.29 is 14.0 Å². The number of benzene rings is 1. The Kier molecular flexibility index (Phi) is 6.52. The van der Waals surface area contributed by atoms with Crippen molar-refractivity contribution in [3.63, 3.8) is 0 Å². The fourth-order valence-corrected chi connectivity index (χ4v) is 4.22. The number of carbonyl (C=O) groups excluding carboxylic acids is 2. The third kappa shape index (κ3) is 4.56. The van der Waals surface area contributed by atoms with Gasteiger partial charge in [0.05, 0.1) is 10.6 Å². The monoisotopic (exact) mass is 380 g/mol. The van der Waals surface area contributed by atoms with Gasteiger partial charge >= 0.3 is 0 Å². The molecular weight excluding hydrogens is 355 g/mol. The van der Waals surface area contributed by atoms with E-state index in [9.17, 15) is 14.0 Å². The molecule has 4 nitrogen and oxygen atoms in total. The minimum Gasteiger partial charge on any atom is -0.339 e. The van der Waals surface area contributed by atoms with Gasteiger partial charge in [-0.1, -0.05) is 49.8 Å². The van der Waals surface area contributed by atoms with Crippen LogP contribution in [0.3, 0.4) is 0 Å². The van der Waals surface area contributed by atoms with Crippen LogP contribution in [0.5, 0.6) is 0 Å². The highest BCUT2D eigenvalue weighted by Crippen LogP contribution is 2.27. The highest BCUT2D eigenvalue weighted by Gasteiger charge is 2.27. The number of amides is 2. The minimum absolute atomic E-state index is 0.0776. The zero-order valence-electron chi connectivity index (χ0n) is 15.1. The molecular formula is C20H26ClFN2O2. The normalized spacial score (nSPS) is 18.8. The Balaban J connectivity index is 1.49. The zero-order chi connectivity index (χ0) is 18.5. The van der Waals surface area contributed by atoms with E-state index in [1.165, 1.54) is 50.3 Å². The van der Waals surface area contributed by atoms with Crippen LogP contribution in [-0.2, 0) is 4.79 Å². The number of hydrogen-bond acceptors (Lipinski definition) is 2. The standard InChI is InChI=1S/C20H26ClFN2O2/c21-16-7-4-8-17(22)19(16)20(26)24-13-11-23(12-14-24)18(25)10-9-15-5-2-1-3-6-15/h4,7-8,15H,1-3,5-6,9-14H2. The number of rotatable bonds is 4. The third-order valence-corrected chi connectivity index (χ3v) is 5.90. The van der Waals surface area contributed by atoms with Crippen LogP contribution < -0.4 is 0 Å². The Morgan fingerprint density at radius 1 is 1.04 bits per heavy atom. The molecule has 0 aromatic heterocycles. The molecule has 0 N–H and O–H groups in total. The topological polar surface area (TPSA) is 40.6 Å². The molecule has 0 bridgehead atoms. The van der Waals surface area contributed by atoms with Gasteiger partial charge in [-0.15, -0.1) is 0 Å². The fraction of sp³-hybridized carbons (Fsp3) is 0.600. The van der Waals surface area contributed by atoms with Crippen molar-refractivity contribution in [1.29, 1.82) is 0 Å². The highest BCUT2D eigenvalue weighted by molar-refractivity contribution is 6.33. The van der Waals surface area contributed by atoms with Gasteiger partial charge in [-0.3, -0.25) is 9.59 Å². The molecule has 2 fully saturated rings. The summed E-state index contributed by atoms with van der Waals surface area (Å²) in [5.74, 6) is -0.138. The molecule has 1 aromatic rings. The molecule has 0 radical (unpaired) electrons. The summed E-state index contributed by atoms with van der Waals surface area (Å²) in [6, 6.07) is 4.24. The van der Waals surface area contributed by atoms with Crippen molar-refractivity contribution in [2.45, 2.75) is 44.9 Å². The fourth-order valence-electron chi connectivity index (χ4n) is 3.98. The number of nitrogens with zero attached hydrogens (tertiary/aromatic N) is 2. The molecule has 1 aromatic carbocycles. The molecule has 1 aliphatic heterocycles. The highest BCUT2D eigenvalue weighted by atomic mass is 35.5. The first kappa shape index (κ1) is 19.2. The molecule has 1 saturated heterocycles. The van der Waals surface area contributed by atoms with E-state index in [4.69, 9.17) is 11.6 Å². The summed E-state index contributed by atoms with van der Waals surface area (Å²) in [6.07, 6.45) is 7.97. The van der Waals surface area contributed by atoms with Gasteiger partial charge in [-0.25, -0.2) is 4.39 Å². The van der Waals surface area contributed by atoms with E-state index in [-0.39, 0.29) is 16.5 Å². The first-order valence-corrected chi connectivity index (χ1v) is 9.95. The lowest BCUT2D eigenvalue weighted by atomic mass is 9.86. The van der Waals surface area contributed by atoms with Gasteiger partial charge in [-0.05, 0) is 24.5 Å². The number of piperazine rings is 1. The van der Waals surface area contributed by atoms with Crippen molar-refractivity contribution in [3.8, 4) is 0 Å². The van der Waals surface area contributed by atoms with Crippen molar-refractivity contribution in [3.05, 3.63) is 34.6 Å². The second-order valence-electron chi connectivity index (χ2n) is 7.31. The second kappa shape index (κ2) is 8.85. The van der Waals surface area contributed by atoms with Crippen molar-refractivity contribution in [1.82, 2.24) is 9.80 Å². The smallest absolute Gasteiger partial charge is 0.258 e. The molecule has 26 heavy (non-hydrogen) atoms. The molecule has 142 valence electrons. The maximum Gasteiger partial charge on any atom is 0.258 e. The average Bonchev–Trinajstić information content (AvgIpc) is 2.67. The van der Waals surface area contributed by atoms with Crippen LogP contribution in [0.25, 0.3) is 0 Å². The summed E-state index contributed by atoms with van der Waals surface area (Å²) in [7, 11) is 0. The molecule has 0 unspecified atom stereocenters. The van der Waals surface area contributed by atoms with Gasteiger partial charge in [0, 0.05) is 32.6 Å². The molecule has 1 saturated carbocycles. The first-order valence-electron chi connectivity index (χ1n) is 9.57. The first-order chi connectivity index (χ1) is 12.6. The van der Waals surface area contributed by atoms with E-state index in [1.54, 1.807) is 4.90 Å². The average molecular weight is 381 g/mol. The summed E-state index contributed by atoms with van der Waals surface area (Å²) in [6.45, 7) is 1.83. The quantitative estimate of drug-likeness (QED) is 0.788. The number of carbonyl (C=O) groups is 2. The summed E-state index contributed by atoms with van der Waals surface area (Å²) in [5, 5.41) is 0.126. The van der Waals surface area contributed by atoms with E-state index in [1.807, 2.05) is 4.90 Å². The van der Waals surface area contributed by atoms with Gasteiger partial charge in [0.25, 0.3) is 5.91 Å². The summed E-state index contributed by atoms with van der Waals surface area (Å²) >= 11 is 5.99. The van der Waals surface area contributed by atoms with E-state index in [2.05, 4.69) is 0 Å². The lowest BCUT2D eigenvalue weighted by molar-refractivity contribution is -0.133. The lowest BCUT2D eigenvalue weighted by Gasteiger charge is -2.35. The third-order valence-electron chi connectivity index (χ3n) is 5.59. The largest absolute Gasteiger partial charge is 0.339 e. The summed E-state index contributed by atoms with van der Waals surface area (Å²) in [4.78, 5) is 28.4. The predicted octanol–water partition coefficient (Wildman–Crippen LogP) is 4.12. The molecule has 1 aliphatic carbocycles. The maximum absolute atomic E-state index is 13.9. The van der Waals surface area contributed by atoms with Crippen LogP contribution in [0.4, 0.5) is 4.39 Å². The summed E-state index contributed by atoms with van der Waals surface area (Å²) < 4.78 is 13.9. The van der Waals surface area contributed by atoms with E-state index < -0.39 is 11.7 Å². The molecule has 2 amide bonds. The van der Waals surface area contributed by atoms with Crippen LogP contribution in [-0.4, -0.2) is 47.8 Å². The van der Waals surface area contributed by atoms with Gasteiger partial charge < -0.3 is 9.80 Å². The van der Waals surface area contributed by atoms with Crippen LogP contribution in [0.2, 0.25) is 5.02 Å². The molecule has 2 aliphatic rings. The van der Waals surface area contributed by atoms with Gasteiger partial charge in [-0.2, -0.15) is 0 Å². The van der Waals surface area contributed by atoms with Crippen molar-refractivity contribution in [2.75, 3.05) is 26.2 Å². The van der Waals surface area contributed by atoms with Crippen molar-refractivity contribution >= 4 is 23.4 Å². The number of hydrogen-bond donors (Lipinski definition) is 0. The van der Waals surface area contributed by atoms with Crippen LogP contribution in [0, 0.1) is 11.7 Å². The molecule has 0 atom stereocenters. The Morgan fingerprint density at radius 3 is 2.35 bits per heavy atom. The SMILES string of the molecule is O=C(CCC1CCCCC1)N1CCN(C(=O)c2c(F)cccc2Cl)CC1. The molecule has 6 heteroatoms. The second-order valence-corrected chi connectivity index (χ2v) is 7.72.